The number of nitrogens with one attached hydrogen (secondary N) is 1. The first-order valence-corrected chi connectivity index (χ1v) is 7.09. The van der Waals surface area contributed by atoms with Crippen molar-refractivity contribution in [2.24, 2.45) is 0 Å². The number of aromatic nitrogens is 2. The lowest BCUT2D eigenvalue weighted by Crippen LogP contribution is -2.27. The molecule has 1 saturated heterocycles. The molecule has 0 spiro atoms. The Hall–Kier alpha value is -1.13. The number of rotatable bonds is 3. The molecule has 3 rings (SSSR count). The Bertz CT molecular complexity index is 455. The summed E-state index contributed by atoms with van der Waals surface area (Å²) >= 11 is 1.76. The molecule has 0 radical (unpaired) electrons. The average molecular weight is 247 g/mol. The van der Waals surface area contributed by atoms with Crippen LogP contribution in [-0.2, 0) is 6.54 Å². The molecule has 1 aliphatic heterocycles. The maximum Gasteiger partial charge on any atom is 0.0951 e. The van der Waals surface area contributed by atoms with E-state index in [1.165, 1.54) is 24.1 Å². The highest BCUT2D eigenvalue weighted by molar-refractivity contribution is 7.07. The first kappa shape index (κ1) is 11.0. The summed E-state index contributed by atoms with van der Waals surface area (Å²) in [5, 5.41) is 7.76. The maximum atomic E-state index is 4.32. The van der Waals surface area contributed by atoms with Crippen LogP contribution in [-0.4, -0.2) is 22.6 Å². The van der Waals surface area contributed by atoms with Crippen LogP contribution in [0.5, 0.6) is 0 Å². The minimum atomic E-state index is 0.678. The van der Waals surface area contributed by atoms with Crippen molar-refractivity contribution < 1.29 is 0 Å². The van der Waals surface area contributed by atoms with Crippen LogP contribution in [0.15, 0.2) is 29.4 Å². The highest BCUT2D eigenvalue weighted by Gasteiger charge is 2.18. The van der Waals surface area contributed by atoms with E-state index in [4.69, 9.17) is 0 Å². The molecule has 0 amide bonds. The zero-order chi connectivity index (χ0) is 11.5. The Morgan fingerprint density at radius 1 is 1.41 bits per heavy atom. The van der Waals surface area contributed by atoms with E-state index in [1.54, 1.807) is 11.3 Å². The van der Waals surface area contributed by atoms with E-state index in [9.17, 15) is 0 Å². The lowest BCUT2D eigenvalue weighted by atomic mass is 9.95. The van der Waals surface area contributed by atoms with E-state index in [2.05, 4.69) is 31.7 Å². The molecule has 3 nitrogen and oxygen atoms in total. The van der Waals surface area contributed by atoms with Crippen LogP contribution in [0.2, 0.25) is 0 Å². The van der Waals surface area contributed by atoms with Gasteiger partial charge in [-0.1, -0.05) is 0 Å². The lowest BCUT2D eigenvalue weighted by molar-refractivity contribution is 0.442. The molecule has 1 aliphatic rings. The second-order valence-corrected chi connectivity index (χ2v) is 5.38. The summed E-state index contributed by atoms with van der Waals surface area (Å²) in [6.45, 7) is 3.23. The number of hydrogen-bond acceptors (Lipinski definition) is 3. The second kappa shape index (κ2) is 5.02. The van der Waals surface area contributed by atoms with Gasteiger partial charge in [-0.05, 0) is 48.3 Å². The highest BCUT2D eigenvalue weighted by atomic mass is 32.1. The molecule has 90 valence electrons. The molecule has 4 heteroatoms. The molecule has 0 aliphatic carbocycles. The average Bonchev–Trinajstić information content (AvgIpc) is 3.02. The van der Waals surface area contributed by atoms with E-state index in [0.29, 0.717) is 5.92 Å². The molecule has 0 bridgehead atoms. The van der Waals surface area contributed by atoms with Gasteiger partial charge in [0, 0.05) is 24.4 Å². The SMILES string of the molecule is c1cc(Cn2cncc2C2CCNCC2)cs1. The fourth-order valence-corrected chi connectivity index (χ4v) is 3.16. The van der Waals surface area contributed by atoms with Crippen LogP contribution >= 0.6 is 11.3 Å². The minimum absolute atomic E-state index is 0.678. The monoisotopic (exact) mass is 247 g/mol. The Labute approximate surface area is 106 Å². The summed E-state index contributed by atoms with van der Waals surface area (Å²) in [6.07, 6.45) is 6.47. The van der Waals surface area contributed by atoms with E-state index in [0.717, 1.165) is 19.6 Å². The van der Waals surface area contributed by atoms with E-state index >= 15 is 0 Å². The first-order valence-electron chi connectivity index (χ1n) is 6.15. The Balaban J connectivity index is 1.78. The van der Waals surface area contributed by atoms with Crippen LogP contribution in [0.25, 0.3) is 0 Å². The van der Waals surface area contributed by atoms with Crippen molar-refractivity contribution in [3.05, 3.63) is 40.6 Å². The van der Waals surface area contributed by atoms with Gasteiger partial charge in [-0.25, -0.2) is 4.98 Å². The van der Waals surface area contributed by atoms with Crippen molar-refractivity contribution in [1.82, 2.24) is 14.9 Å². The van der Waals surface area contributed by atoms with E-state index in [-0.39, 0.29) is 0 Å². The van der Waals surface area contributed by atoms with Gasteiger partial charge in [0.2, 0.25) is 0 Å². The molecule has 2 aromatic heterocycles. The quantitative estimate of drug-likeness (QED) is 0.903. The number of thiophene rings is 1. The van der Waals surface area contributed by atoms with Gasteiger partial charge in [-0.3, -0.25) is 0 Å². The second-order valence-electron chi connectivity index (χ2n) is 4.60. The zero-order valence-corrected chi connectivity index (χ0v) is 10.6. The van der Waals surface area contributed by atoms with Crippen LogP contribution in [0.3, 0.4) is 0 Å². The summed E-state index contributed by atoms with van der Waals surface area (Å²) < 4.78 is 2.30. The fourth-order valence-electron chi connectivity index (χ4n) is 2.50. The Morgan fingerprint density at radius 3 is 3.06 bits per heavy atom. The van der Waals surface area contributed by atoms with Gasteiger partial charge in [0.05, 0.1) is 6.33 Å². The third kappa shape index (κ3) is 2.42. The number of imidazole rings is 1. The van der Waals surface area contributed by atoms with Crippen molar-refractivity contribution in [2.45, 2.75) is 25.3 Å². The predicted octanol–water partition coefficient (Wildman–Crippen LogP) is 2.46. The third-order valence-corrected chi connectivity index (χ3v) is 4.17. The van der Waals surface area contributed by atoms with E-state index < -0.39 is 0 Å². The van der Waals surface area contributed by atoms with Gasteiger partial charge < -0.3 is 9.88 Å². The smallest absolute Gasteiger partial charge is 0.0951 e. The van der Waals surface area contributed by atoms with Crippen LogP contribution < -0.4 is 5.32 Å². The molecule has 3 heterocycles. The largest absolute Gasteiger partial charge is 0.330 e. The van der Waals surface area contributed by atoms with Gasteiger partial charge in [-0.15, -0.1) is 0 Å². The molecule has 0 saturated carbocycles. The van der Waals surface area contributed by atoms with Crippen molar-refractivity contribution in [2.75, 3.05) is 13.1 Å². The van der Waals surface area contributed by atoms with Crippen LogP contribution in [0.1, 0.15) is 30.0 Å². The van der Waals surface area contributed by atoms with Gasteiger partial charge in [0.15, 0.2) is 0 Å². The third-order valence-electron chi connectivity index (χ3n) is 3.43. The lowest BCUT2D eigenvalue weighted by Gasteiger charge is -2.23. The van der Waals surface area contributed by atoms with Crippen molar-refractivity contribution >= 4 is 11.3 Å². The fraction of sp³-hybridized carbons (Fsp3) is 0.462. The molecule has 0 unspecified atom stereocenters. The standard InChI is InChI=1S/C13H17N3S/c1-4-14-5-2-12(1)13-7-15-10-16(13)8-11-3-6-17-9-11/h3,6-7,9-10,12,14H,1-2,4-5,8H2. The topological polar surface area (TPSA) is 29.9 Å². The predicted molar refractivity (Wildman–Crippen MR) is 70.5 cm³/mol. The summed E-state index contributed by atoms with van der Waals surface area (Å²) in [5.74, 6) is 0.678. The van der Waals surface area contributed by atoms with Crippen LogP contribution in [0, 0.1) is 0 Å². The van der Waals surface area contributed by atoms with Gasteiger partial charge in [-0.2, -0.15) is 11.3 Å². The minimum Gasteiger partial charge on any atom is -0.330 e. The summed E-state index contributed by atoms with van der Waals surface area (Å²) in [5.41, 5.74) is 2.78. The van der Waals surface area contributed by atoms with Crippen molar-refractivity contribution in [1.29, 1.82) is 0 Å². The van der Waals surface area contributed by atoms with Gasteiger partial charge >= 0.3 is 0 Å². The normalized spacial score (nSPS) is 17.4. The summed E-state index contributed by atoms with van der Waals surface area (Å²) in [7, 11) is 0. The maximum absolute atomic E-state index is 4.32. The number of nitrogens with zero attached hydrogens (tertiary/aromatic N) is 2. The van der Waals surface area contributed by atoms with Crippen LogP contribution in [0.4, 0.5) is 0 Å². The summed E-state index contributed by atoms with van der Waals surface area (Å²) in [6, 6.07) is 2.19. The van der Waals surface area contributed by atoms with Gasteiger partial charge in [0.1, 0.15) is 0 Å². The van der Waals surface area contributed by atoms with Crippen molar-refractivity contribution in [3.8, 4) is 0 Å². The number of hydrogen-bond donors (Lipinski definition) is 1. The molecular formula is C13H17N3S. The Morgan fingerprint density at radius 2 is 2.29 bits per heavy atom. The molecule has 2 aromatic rings. The molecular weight excluding hydrogens is 230 g/mol. The number of piperidine rings is 1. The molecule has 0 atom stereocenters. The summed E-state index contributed by atoms with van der Waals surface area (Å²) in [4.78, 5) is 4.32. The molecule has 0 aromatic carbocycles. The van der Waals surface area contributed by atoms with Crippen molar-refractivity contribution in [3.63, 3.8) is 0 Å². The first-order chi connectivity index (χ1) is 8.43. The molecule has 1 N–H and O–H groups in total. The highest BCUT2D eigenvalue weighted by Crippen LogP contribution is 2.25. The zero-order valence-electron chi connectivity index (χ0n) is 9.80. The van der Waals surface area contributed by atoms with E-state index in [1.807, 2.05) is 12.5 Å². The molecule has 1 fully saturated rings. The van der Waals surface area contributed by atoms with Gasteiger partial charge in [0.25, 0.3) is 0 Å². The molecule has 17 heavy (non-hydrogen) atoms. The Kier molecular flexibility index (Phi) is 3.25.